The first-order valence-corrected chi connectivity index (χ1v) is 6.83. The number of nitrogens with two attached hydrogens (primary N) is 1. The minimum Gasteiger partial charge on any atom is -0.334 e. The zero-order valence-corrected chi connectivity index (χ0v) is 11.0. The second-order valence-electron chi connectivity index (χ2n) is 5.77. The molecule has 2 aliphatic rings. The Labute approximate surface area is 111 Å². The van der Waals surface area contributed by atoms with Crippen LogP contribution in [0.5, 0.6) is 0 Å². The lowest BCUT2D eigenvalue weighted by atomic mass is 9.77. The number of hydrogen-bond donors (Lipinski definition) is 1. The van der Waals surface area contributed by atoms with Crippen LogP contribution in [-0.2, 0) is 12.6 Å². The van der Waals surface area contributed by atoms with Gasteiger partial charge in [0.2, 0.25) is 0 Å². The molecular weight excluding hydrogens is 242 g/mol. The maximum absolute atomic E-state index is 6.23. The molecule has 2 aromatic rings. The fourth-order valence-corrected chi connectivity index (χ4v) is 2.77. The number of aromatic nitrogens is 4. The summed E-state index contributed by atoms with van der Waals surface area (Å²) in [6.45, 7) is 0. The van der Waals surface area contributed by atoms with Crippen molar-refractivity contribution in [1.29, 1.82) is 0 Å². The summed E-state index contributed by atoms with van der Waals surface area (Å²) < 4.78 is 7.33. The van der Waals surface area contributed by atoms with E-state index in [-0.39, 0.29) is 5.54 Å². The van der Waals surface area contributed by atoms with E-state index in [9.17, 15) is 0 Å². The molecule has 0 radical (unpaired) electrons. The summed E-state index contributed by atoms with van der Waals surface area (Å²) in [6.07, 6.45) is 7.27. The fraction of sp³-hybridized carbons (Fsp3) is 0.615. The van der Waals surface area contributed by atoms with E-state index < -0.39 is 0 Å². The Morgan fingerprint density at radius 3 is 2.84 bits per heavy atom. The van der Waals surface area contributed by atoms with E-state index in [0.29, 0.717) is 17.6 Å². The Kier molecular flexibility index (Phi) is 2.15. The lowest BCUT2D eigenvalue weighted by Gasteiger charge is -2.34. The molecule has 0 unspecified atom stereocenters. The van der Waals surface area contributed by atoms with Crippen molar-refractivity contribution in [2.75, 3.05) is 0 Å². The van der Waals surface area contributed by atoms with Gasteiger partial charge in [-0.15, -0.1) is 0 Å². The molecule has 6 heteroatoms. The molecule has 19 heavy (non-hydrogen) atoms. The molecule has 0 saturated heterocycles. The van der Waals surface area contributed by atoms with E-state index >= 15 is 0 Å². The van der Waals surface area contributed by atoms with Crippen molar-refractivity contribution in [3.8, 4) is 11.5 Å². The first-order chi connectivity index (χ1) is 9.17. The van der Waals surface area contributed by atoms with Gasteiger partial charge in [-0.25, -0.2) is 0 Å². The van der Waals surface area contributed by atoms with Gasteiger partial charge in [0, 0.05) is 13.0 Å². The van der Waals surface area contributed by atoms with Crippen molar-refractivity contribution in [2.45, 2.75) is 43.6 Å². The van der Waals surface area contributed by atoms with Gasteiger partial charge in [0.15, 0.2) is 5.82 Å². The van der Waals surface area contributed by atoms with Gasteiger partial charge in [-0.1, -0.05) is 5.16 Å². The molecule has 2 aliphatic carbocycles. The van der Waals surface area contributed by atoms with Crippen LogP contribution >= 0.6 is 0 Å². The van der Waals surface area contributed by atoms with E-state index in [1.807, 2.05) is 17.9 Å². The van der Waals surface area contributed by atoms with Gasteiger partial charge >= 0.3 is 0 Å². The predicted octanol–water partition coefficient (Wildman–Crippen LogP) is 1.69. The second-order valence-corrected chi connectivity index (χ2v) is 5.77. The van der Waals surface area contributed by atoms with E-state index in [1.54, 1.807) is 0 Å². The molecule has 0 aromatic carbocycles. The van der Waals surface area contributed by atoms with Gasteiger partial charge in [-0.3, -0.25) is 4.68 Å². The van der Waals surface area contributed by atoms with Gasteiger partial charge in [-0.2, -0.15) is 10.1 Å². The zero-order chi connectivity index (χ0) is 13.0. The van der Waals surface area contributed by atoms with Crippen LogP contribution in [-0.4, -0.2) is 19.9 Å². The average molecular weight is 259 g/mol. The predicted molar refractivity (Wildman–Crippen MR) is 68.2 cm³/mol. The fourth-order valence-electron chi connectivity index (χ4n) is 2.77. The van der Waals surface area contributed by atoms with Gasteiger partial charge in [0.25, 0.3) is 5.89 Å². The lowest BCUT2D eigenvalue weighted by Crippen LogP contribution is -2.44. The van der Waals surface area contributed by atoms with Crippen molar-refractivity contribution in [3.05, 3.63) is 17.7 Å². The van der Waals surface area contributed by atoms with Crippen molar-refractivity contribution >= 4 is 0 Å². The van der Waals surface area contributed by atoms with Crippen LogP contribution < -0.4 is 5.73 Å². The first-order valence-electron chi connectivity index (χ1n) is 6.83. The summed E-state index contributed by atoms with van der Waals surface area (Å²) in [5.41, 5.74) is 8.02. The SMILES string of the molecule is Cn1ncc(-c2nc(C3(N)CCC3)no2)c1C1CC1. The molecule has 2 aromatic heterocycles. The minimum atomic E-state index is -0.371. The summed E-state index contributed by atoms with van der Waals surface area (Å²) in [4.78, 5) is 4.50. The molecule has 2 saturated carbocycles. The van der Waals surface area contributed by atoms with E-state index in [4.69, 9.17) is 10.3 Å². The van der Waals surface area contributed by atoms with Crippen molar-refractivity contribution in [3.63, 3.8) is 0 Å². The number of hydrogen-bond acceptors (Lipinski definition) is 5. The highest BCUT2D eigenvalue weighted by atomic mass is 16.5. The van der Waals surface area contributed by atoms with Crippen LogP contribution in [0.25, 0.3) is 11.5 Å². The van der Waals surface area contributed by atoms with Crippen LogP contribution in [0.2, 0.25) is 0 Å². The van der Waals surface area contributed by atoms with Crippen LogP contribution in [0.4, 0.5) is 0 Å². The number of nitrogens with zero attached hydrogens (tertiary/aromatic N) is 4. The van der Waals surface area contributed by atoms with Gasteiger partial charge in [-0.05, 0) is 32.1 Å². The molecule has 4 rings (SSSR count). The highest BCUT2D eigenvalue weighted by Crippen LogP contribution is 2.44. The Bertz CT molecular complexity index is 621. The molecule has 2 heterocycles. The molecule has 0 amide bonds. The quantitative estimate of drug-likeness (QED) is 0.906. The minimum absolute atomic E-state index is 0.371. The van der Waals surface area contributed by atoms with Gasteiger partial charge in [0.05, 0.1) is 23.0 Å². The monoisotopic (exact) mass is 259 g/mol. The number of rotatable bonds is 3. The molecule has 100 valence electrons. The Morgan fingerprint density at radius 2 is 2.21 bits per heavy atom. The van der Waals surface area contributed by atoms with E-state index in [0.717, 1.165) is 24.8 Å². The summed E-state index contributed by atoms with van der Waals surface area (Å²) >= 11 is 0. The molecule has 2 fully saturated rings. The standard InChI is InChI=1S/C13H17N5O/c1-18-10(8-3-4-8)9(7-15-18)11-16-12(17-19-11)13(14)5-2-6-13/h7-8H,2-6,14H2,1H3. The third-order valence-electron chi connectivity index (χ3n) is 4.30. The van der Waals surface area contributed by atoms with Gasteiger partial charge in [0.1, 0.15) is 0 Å². The van der Waals surface area contributed by atoms with Gasteiger partial charge < -0.3 is 10.3 Å². The maximum atomic E-state index is 6.23. The maximum Gasteiger partial charge on any atom is 0.261 e. The molecule has 0 aliphatic heterocycles. The summed E-state index contributed by atoms with van der Waals surface area (Å²) in [6, 6.07) is 0. The summed E-state index contributed by atoms with van der Waals surface area (Å²) in [5.74, 6) is 1.79. The van der Waals surface area contributed by atoms with Crippen LogP contribution in [0.15, 0.2) is 10.7 Å². The number of aryl methyl sites for hydroxylation is 1. The zero-order valence-electron chi connectivity index (χ0n) is 11.0. The molecular formula is C13H17N5O. The topological polar surface area (TPSA) is 82.8 Å². The molecule has 0 spiro atoms. The average Bonchev–Trinajstić information content (AvgIpc) is 2.94. The lowest BCUT2D eigenvalue weighted by molar-refractivity contribution is 0.229. The third kappa shape index (κ3) is 1.63. The highest BCUT2D eigenvalue weighted by molar-refractivity contribution is 5.57. The van der Waals surface area contributed by atoms with Crippen molar-refractivity contribution in [1.82, 2.24) is 19.9 Å². The smallest absolute Gasteiger partial charge is 0.261 e. The Hall–Kier alpha value is -1.69. The van der Waals surface area contributed by atoms with Crippen LogP contribution in [0.1, 0.15) is 49.5 Å². The molecule has 6 nitrogen and oxygen atoms in total. The van der Waals surface area contributed by atoms with Crippen LogP contribution in [0.3, 0.4) is 0 Å². The molecule has 0 atom stereocenters. The normalized spacial score (nSPS) is 21.4. The third-order valence-corrected chi connectivity index (χ3v) is 4.30. The Balaban J connectivity index is 1.73. The molecule has 2 N–H and O–H groups in total. The first kappa shape index (κ1) is 11.2. The Morgan fingerprint density at radius 1 is 1.42 bits per heavy atom. The van der Waals surface area contributed by atoms with Crippen LogP contribution in [0, 0.1) is 0 Å². The summed E-state index contributed by atoms with van der Waals surface area (Å²) in [7, 11) is 1.96. The van der Waals surface area contributed by atoms with Crippen molar-refractivity contribution < 1.29 is 4.52 Å². The molecule has 0 bridgehead atoms. The van der Waals surface area contributed by atoms with E-state index in [1.165, 1.54) is 18.5 Å². The summed E-state index contributed by atoms with van der Waals surface area (Å²) in [5, 5.41) is 8.39. The largest absolute Gasteiger partial charge is 0.334 e. The van der Waals surface area contributed by atoms with E-state index in [2.05, 4.69) is 15.2 Å². The highest BCUT2D eigenvalue weighted by Gasteiger charge is 2.39. The second kappa shape index (κ2) is 3.66. The van der Waals surface area contributed by atoms with Crippen molar-refractivity contribution in [2.24, 2.45) is 12.8 Å².